The topological polar surface area (TPSA) is 38.1 Å². The summed E-state index contributed by atoms with van der Waals surface area (Å²) in [6.07, 6.45) is 5.84. The monoisotopic (exact) mass is 236 g/mol. The van der Waals surface area contributed by atoms with E-state index < -0.39 is 0 Å². The van der Waals surface area contributed by atoms with E-state index >= 15 is 0 Å². The van der Waals surface area contributed by atoms with E-state index in [0.29, 0.717) is 11.8 Å². The molecule has 0 radical (unpaired) electrons. The molecular weight excluding hydrogens is 212 g/mol. The van der Waals surface area contributed by atoms with Gasteiger partial charge in [-0.15, -0.1) is 0 Å². The summed E-state index contributed by atoms with van der Waals surface area (Å²) in [6.45, 7) is 8.48. The Kier molecular flexibility index (Phi) is 4.21. The summed E-state index contributed by atoms with van der Waals surface area (Å²) in [5.74, 6) is 3.94. The van der Waals surface area contributed by atoms with Crippen molar-refractivity contribution >= 4 is 0 Å². The highest BCUT2D eigenvalue weighted by atomic mass is 16.4. The minimum Gasteiger partial charge on any atom is -0.444 e. The van der Waals surface area contributed by atoms with Crippen LogP contribution in [-0.4, -0.2) is 11.5 Å². The van der Waals surface area contributed by atoms with Crippen LogP contribution >= 0.6 is 0 Å². The molecule has 1 aliphatic carbocycles. The Morgan fingerprint density at radius 1 is 1.47 bits per heavy atom. The summed E-state index contributed by atoms with van der Waals surface area (Å²) in [7, 11) is 0. The zero-order valence-corrected chi connectivity index (χ0v) is 11.2. The third-order valence-electron chi connectivity index (χ3n) is 3.63. The maximum atomic E-state index is 5.85. The highest BCUT2D eigenvalue weighted by Gasteiger charge is 2.27. The fraction of sp³-hybridized carbons (Fsp3) is 0.786. The average Bonchev–Trinajstić information content (AvgIpc) is 2.86. The van der Waals surface area contributed by atoms with E-state index in [1.165, 1.54) is 19.3 Å². The lowest BCUT2D eigenvalue weighted by atomic mass is 9.96. The van der Waals surface area contributed by atoms with Crippen LogP contribution in [0.25, 0.3) is 0 Å². The van der Waals surface area contributed by atoms with Crippen LogP contribution in [0.1, 0.15) is 57.6 Å². The van der Waals surface area contributed by atoms with E-state index in [0.717, 1.165) is 30.7 Å². The molecule has 1 N–H and O–H groups in total. The molecule has 0 saturated heterocycles. The van der Waals surface area contributed by atoms with E-state index in [9.17, 15) is 0 Å². The summed E-state index contributed by atoms with van der Waals surface area (Å²) in [5, 5.41) is 3.36. The zero-order chi connectivity index (χ0) is 12.3. The number of rotatable bonds is 5. The summed E-state index contributed by atoms with van der Waals surface area (Å²) in [4.78, 5) is 4.36. The minimum absolute atomic E-state index is 0.598. The van der Waals surface area contributed by atoms with Crippen LogP contribution in [0.4, 0.5) is 0 Å². The highest BCUT2D eigenvalue weighted by molar-refractivity contribution is 5.05. The Labute approximate surface area is 104 Å². The predicted octanol–water partition coefficient (Wildman–Crippen LogP) is 3.32. The van der Waals surface area contributed by atoms with Crippen molar-refractivity contribution < 1.29 is 4.42 Å². The second kappa shape index (κ2) is 5.67. The Hall–Kier alpha value is -0.830. The molecule has 1 aromatic heterocycles. The molecule has 3 nitrogen and oxygen atoms in total. The van der Waals surface area contributed by atoms with Crippen molar-refractivity contribution in [3.8, 4) is 0 Å². The van der Waals surface area contributed by atoms with Crippen molar-refractivity contribution in [1.29, 1.82) is 0 Å². The number of hydrogen-bond acceptors (Lipinski definition) is 3. The van der Waals surface area contributed by atoms with Crippen molar-refractivity contribution in [3.63, 3.8) is 0 Å². The van der Waals surface area contributed by atoms with E-state index in [2.05, 4.69) is 31.1 Å². The first-order chi connectivity index (χ1) is 8.16. The Morgan fingerprint density at radius 2 is 2.29 bits per heavy atom. The molecule has 1 aliphatic rings. The lowest BCUT2D eigenvalue weighted by Crippen LogP contribution is -2.19. The third kappa shape index (κ3) is 3.32. The van der Waals surface area contributed by atoms with Crippen LogP contribution in [0.5, 0.6) is 0 Å². The molecule has 0 amide bonds. The van der Waals surface area contributed by atoms with Gasteiger partial charge in [-0.25, -0.2) is 4.98 Å². The van der Waals surface area contributed by atoms with Crippen LogP contribution in [0.3, 0.4) is 0 Å². The highest BCUT2D eigenvalue weighted by Crippen LogP contribution is 2.39. The van der Waals surface area contributed by atoms with Gasteiger partial charge < -0.3 is 9.73 Å². The molecule has 0 bridgehead atoms. The van der Waals surface area contributed by atoms with Crippen LogP contribution in [-0.2, 0) is 6.54 Å². The normalized spacial score (nSPS) is 24.7. The first-order valence-corrected chi connectivity index (χ1v) is 6.82. The van der Waals surface area contributed by atoms with Crippen molar-refractivity contribution in [2.24, 2.45) is 11.8 Å². The summed E-state index contributed by atoms with van der Waals surface area (Å²) >= 11 is 0. The molecule has 1 heterocycles. The average molecular weight is 236 g/mol. The lowest BCUT2D eigenvalue weighted by Gasteiger charge is -2.11. The summed E-state index contributed by atoms with van der Waals surface area (Å²) in [6, 6.07) is 0. The maximum absolute atomic E-state index is 5.85. The zero-order valence-electron chi connectivity index (χ0n) is 11.2. The SMILES string of the molecule is CC(C)CNCc1ncc(C2CCCC2C)o1. The molecule has 1 aromatic rings. The van der Waals surface area contributed by atoms with Gasteiger partial charge in [-0.3, -0.25) is 0 Å². The van der Waals surface area contributed by atoms with Gasteiger partial charge in [0, 0.05) is 5.92 Å². The van der Waals surface area contributed by atoms with Crippen molar-refractivity contribution in [1.82, 2.24) is 10.3 Å². The molecule has 0 aliphatic heterocycles. The van der Waals surface area contributed by atoms with Gasteiger partial charge in [0.25, 0.3) is 0 Å². The molecule has 17 heavy (non-hydrogen) atoms. The Morgan fingerprint density at radius 3 is 2.94 bits per heavy atom. The van der Waals surface area contributed by atoms with Gasteiger partial charge in [0.1, 0.15) is 5.76 Å². The maximum Gasteiger partial charge on any atom is 0.208 e. The fourth-order valence-electron chi connectivity index (χ4n) is 2.61. The summed E-state index contributed by atoms with van der Waals surface area (Å²) < 4.78 is 5.85. The smallest absolute Gasteiger partial charge is 0.208 e. The molecule has 1 saturated carbocycles. The first-order valence-electron chi connectivity index (χ1n) is 6.82. The van der Waals surface area contributed by atoms with Crippen LogP contribution in [0.2, 0.25) is 0 Å². The number of aromatic nitrogens is 1. The molecule has 0 aromatic carbocycles. The molecule has 2 unspecified atom stereocenters. The predicted molar refractivity (Wildman–Crippen MR) is 68.8 cm³/mol. The Bertz CT molecular complexity index is 346. The standard InChI is InChI=1S/C14H24N2O/c1-10(2)7-15-9-14-16-8-13(17-14)12-6-4-5-11(12)3/h8,10-12,15H,4-7,9H2,1-3H3. The van der Waals surface area contributed by atoms with Gasteiger partial charge in [-0.2, -0.15) is 0 Å². The largest absolute Gasteiger partial charge is 0.444 e. The molecular formula is C14H24N2O. The van der Waals surface area contributed by atoms with Crippen molar-refractivity contribution in [2.75, 3.05) is 6.54 Å². The minimum atomic E-state index is 0.598. The van der Waals surface area contributed by atoms with Crippen LogP contribution in [0.15, 0.2) is 10.6 Å². The number of nitrogens with one attached hydrogen (secondary N) is 1. The van der Waals surface area contributed by atoms with Gasteiger partial charge in [0.2, 0.25) is 5.89 Å². The molecule has 2 rings (SSSR count). The van der Waals surface area contributed by atoms with Gasteiger partial charge in [-0.05, 0) is 31.2 Å². The second-order valence-electron chi connectivity index (χ2n) is 5.70. The third-order valence-corrected chi connectivity index (χ3v) is 3.63. The van der Waals surface area contributed by atoms with Gasteiger partial charge in [0.05, 0.1) is 12.7 Å². The van der Waals surface area contributed by atoms with Crippen molar-refractivity contribution in [2.45, 2.75) is 52.5 Å². The van der Waals surface area contributed by atoms with E-state index in [-0.39, 0.29) is 0 Å². The summed E-state index contributed by atoms with van der Waals surface area (Å²) in [5.41, 5.74) is 0. The van der Waals surface area contributed by atoms with Gasteiger partial charge >= 0.3 is 0 Å². The number of oxazole rings is 1. The molecule has 96 valence electrons. The lowest BCUT2D eigenvalue weighted by molar-refractivity contribution is 0.378. The Balaban J connectivity index is 1.87. The van der Waals surface area contributed by atoms with Crippen LogP contribution < -0.4 is 5.32 Å². The fourth-order valence-corrected chi connectivity index (χ4v) is 2.61. The quantitative estimate of drug-likeness (QED) is 0.852. The first kappa shape index (κ1) is 12.6. The van der Waals surface area contributed by atoms with Gasteiger partial charge in [0.15, 0.2) is 0 Å². The van der Waals surface area contributed by atoms with E-state index in [4.69, 9.17) is 4.42 Å². The van der Waals surface area contributed by atoms with Crippen LogP contribution in [0, 0.1) is 11.8 Å². The van der Waals surface area contributed by atoms with E-state index in [1.54, 1.807) is 0 Å². The van der Waals surface area contributed by atoms with E-state index in [1.807, 2.05) is 6.20 Å². The number of hydrogen-bond donors (Lipinski definition) is 1. The van der Waals surface area contributed by atoms with Gasteiger partial charge in [-0.1, -0.05) is 27.2 Å². The van der Waals surface area contributed by atoms with Crippen molar-refractivity contribution in [3.05, 3.63) is 17.8 Å². The molecule has 0 spiro atoms. The molecule has 3 heteroatoms. The number of nitrogens with zero attached hydrogens (tertiary/aromatic N) is 1. The molecule has 2 atom stereocenters. The second-order valence-corrected chi connectivity index (χ2v) is 5.70. The molecule has 1 fully saturated rings.